The van der Waals surface area contributed by atoms with Gasteiger partial charge in [-0.25, -0.2) is 13.2 Å². The van der Waals surface area contributed by atoms with Crippen LogP contribution in [0.4, 0.5) is 0 Å². The van der Waals surface area contributed by atoms with E-state index in [-0.39, 0.29) is 18.8 Å². The summed E-state index contributed by atoms with van der Waals surface area (Å²) in [6, 6.07) is 22.2. The van der Waals surface area contributed by atoms with Crippen LogP contribution in [0.25, 0.3) is 11.1 Å². The lowest BCUT2D eigenvalue weighted by molar-refractivity contribution is -0.139. The molecule has 0 bridgehead atoms. The Morgan fingerprint density at radius 3 is 2.00 bits per heavy atom. The van der Waals surface area contributed by atoms with Gasteiger partial charge < -0.3 is 15.5 Å². The van der Waals surface area contributed by atoms with Gasteiger partial charge in [0.2, 0.25) is 0 Å². The minimum atomic E-state index is -3.35. The molecule has 3 N–H and O–H groups in total. The quantitative estimate of drug-likeness (QED) is 0.191. The molecule has 266 valence electrons. The van der Waals surface area contributed by atoms with Gasteiger partial charge in [-0.05, 0) is 72.6 Å². The maximum atomic E-state index is 13.2. The SMILES string of the molecule is CC.CCCC.Cc1ccccc1-c1cc(CN2CC(C)C[C@H]2C)ccc1C(=O)NC(CCS(C)(=O)=O)C(=O)O.OCc1ccccc1. The molecule has 9 heteroatoms. The molecule has 4 rings (SSSR count). The third-order valence-corrected chi connectivity index (χ3v) is 8.95. The van der Waals surface area contributed by atoms with Gasteiger partial charge in [0, 0.05) is 31.0 Å². The van der Waals surface area contributed by atoms with Crippen LogP contribution in [-0.2, 0) is 27.8 Å². The van der Waals surface area contributed by atoms with Crippen molar-refractivity contribution < 1.29 is 28.2 Å². The number of sulfone groups is 1. The van der Waals surface area contributed by atoms with E-state index in [0.29, 0.717) is 17.5 Å². The first-order valence-corrected chi connectivity index (χ1v) is 19.1. The summed E-state index contributed by atoms with van der Waals surface area (Å²) < 4.78 is 23.0. The van der Waals surface area contributed by atoms with Crippen molar-refractivity contribution in [1.82, 2.24) is 10.2 Å². The van der Waals surface area contributed by atoms with Gasteiger partial charge in [-0.3, -0.25) is 9.69 Å². The number of carboxylic acid groups (broad SMARTS) is 1. The minimum Gasteiger partial charge on any atom is -0.480 e. The van der Waals surface area contributed by atoms with Gasteiger partial charge in [-0.2, -0.15) is 0 Å². The van der Waals surface area contributed by atoms with Crippen LogP contribution in [0.2, 0.25) is 0 Å². The number of carbonyl (C=O) groups is 2. The van der Waals surface area contributed by atoms with Gasteiger partial charge in [0.1, 0.15) is 15.9 Å². The highest BCUT2D eigenvalue weighted by molar-refractivity contribution is 7.90. The van der Waals surface area contributed by atoms with Gasteiger partial charge in [0.15, 0.2) is 0 Å². The largest absolute Gasteiger partial charge is 0.480 e. The molecular formula is C39H58N2O6S. The van der Waals surface area contributed by atoms with Crippen LogP contribution in [0.5, 0.6) is 0 Å². The molecule has 1 heterocycles. The molecule has 0 aromatic heterocycles. The van der Waals surface area contributed by atoms with Crippen molar-refractivity contribution in [2.24, 2.45) is 5.92 Å². The molecule has 0 saturated carbocycles. The van der Waals surface area contributed by atoms with E-state index in [1.807, 2.05) is 87.5 Å². The molecule has 0 aliphatic carbocycles. The van der Waals surface area contributed by atoms with E-state index in [4.69, 9.17) is 5.11 Å². The van der Waals surface area contributed by atoms with Crippen LogP contribution in [0, 0.1) is 12.8 Å². The number of benzene rings is 3. The molecule has 3 aromatic carbocycles. The molecule has 3 atom stereocenters. The number of hydrogen-bond acceptors (Lipinski definition) is 6. The standard InChI is InChI=1S/C26H34N2O5S.C7H8O.C4H10.C2H6/c1-17-13-19(3)28(15-17)16-20-9-10-22(23(14-20)21-8-6-5-7-18(21)2)25(29)27-24(26(30)31)11-12-34(4,32)33;8-6-7-4-2-1-3-5-7;1-3-4-2;1-2/h5-10,14,17,19,24H,11-13,15-16H2,1-4H3,(H,27,29)(H,30,31);1-5,8H,6H2;3-4H2,1-2H3;1-2H3/t17?,19-,24?;;;/m1.../s1. The Morgan fingerprint density at radius 1 is 0.917 bits per heavy atom. The first-order valence-electron chi connectivity index (χ1n) is 17.1. The first kappa shape index (κ1) is 42.5. The molecule has 3 aromatic rings. The number of unbranched alkanes of at least 4 members (excludes halogenated alkanes) is 1. The van der Waals surface area contributed by atoms with E-state index in [1.54, 1.807) is 6.07 Å². The zero-order valence-electron chi connectivity index (χ0n) is 30.2. The van der Waals surface area contributed by atoms with Crippen molar-refractivity contribution in [3.05, 3.63) is 95.1 Å². The van der Waals surface area contributed by atoms with E-state index < -0.39 is 27.8 Å². The molecule has 2 unspecified atom stereocenters. The number of rotatable bonds is 11. The van der Waals surface area contributed by atoms with E-state index >= 15 is 0 Å². The average Bonchev–Trinajstić information content (AvgIpc) is 3.39. The smallest absolute Gasteiger partial charge is 0.326 e. The highest BCUT2D eigenvalue weighted by Gasteiger charge is 2.27. The van der Waals surface area contributed by atoms with Gasteiger partial charge >= 0.3 is 5.97 Å². The highest BCUT2D eigenvalue weighted by Crippen LogP contribution is 2.30. The van der Waals surface area contributed by atoms with Gasteiger partial charge in [-0.1, -0.05) is 108 Å². The summed E-state index contributed by atoms with van der Waals surface area (Å²) in [6.07, 6.45) is 4.66. The van der Waals surface area contributed by atoms with E-state index in [0.717, 1.165) is 53.6 Å². The molecule has 1 aliphatic rings. The summed E-state index contributed by atoms with van der Waals surface area (Å²) in [5.74, 6) is -1.46. The third kappa shape index (κ3) is 15.1. The number of aliphatic hydroxyl groups excluding tert-OH is 1. The second kappa shape index (κ2) is 22.2. The Morgan fingerprint density at radius 2 is 1.52 bits per heavy atom. The average molecular weight is 683 g/mol. The van der Waals surface area contributed by atoms with E-state index in [2.05, 4.69) is 37.9 Å². The van der Waals surface area contributed by atoms with Crippen molar-refractivity contribution in [3.8, 4) is 11.1 Å². The highest BCUT2D eigenvalue weighted by atomic mass is 32.2. The van der Waals surface area contributed by atoms with Gasteiger partial charge in [0.25, 0.3) is 5.91 Å². The summed E-state index contributed by atoms with van der Waals surface area (Å²) in [4.78, 5) is 27.3. The molecule has 48 heavy (non-hydrogen) atoms. The summed E-state index contributed by atoms with van der Waals surface area (Å²) in [7, 11) is -3.35. The van der Waals surface area contributed by atoms with Crippen molar-refractivity contribution in [2.75, 3.05) is 18.6 Å². The Hall–Kier alpha value is -3.53. The van der Waals surface area contributed by atoms with E-state index in [9.17, 15) is 23.1 Å². The predicted molar refractivity (Wildman–Crippen MR) is 198 cm³/mol. The fraction of sp³-hybridized carbons (Fsp3) is 0.487. The normalized spacial score (nSPS) is 16.2. The Kier molecular flexibility index (Phi) is 19.6. The molecule has 1 fully saturated rings. The monoisotopic (exact) mass is 682 g/mol. The predicted octanol–water partition coefficient (Wildman–Crippen LogP) is 7.52. The lowest BCUT2D eigenvalue weighted by Gasteiger charge is -2.22. The third-order valence-electron chi connectivity index (χ3n) is 7.97. The number of aliphatic carboxylic acids is 1. The lowest BCUT2D eigenvalue weighted by atomic mass is 9.93. The fourth-order valence-corrected chi connectivity index (χ4v) is 5.90. The number of carboxylic acids is 1. The number of aryl methyl sites for hydroxylation is 1. The molecule has 1 amide bonds. The second-order valence-electron chi connectivity index (χ2n) is 12.2. The maximum Gasteiger partial charge on any atom is 0.326 e. The van der Waals surface area contributed by atoms with Crippen LogP contribution in [-0.4, -0.2) is 66.0 Å². The molecule has 0 spiro atoms. The fourth-order valence-electron chi connectivity index (χ4n) is 5.24. The summed E-state index contributed by atoms with van der Waals surface area (Å²) >= 11 is 0. The van der Waals surface area contributed by atoms with Crippen molar-refractivity contribution >= 4 is 21.7 Å². The Balaban J connectivity index is 0.000000687. The Labute approximate surface area is 289 Å². The van der Waals surface area contributed by atoms with Crippen LogP contribution in [0.3, 0.4) is 0 Å². The van der Waals surface area contributed by atoms with Crippen molar-refractivity contribution in [3.63, 3.8) is 0 Å². The summed E-state index contributed by atoms with van der Waals surface area (Å²) in [6.45, 7) is 16.8. The topological polar surface area (TPSA) is 124 Å². The van der Waals surface area contributed by atoms with Crippen molar-refractivity contribution in [2.45, 2.75) is 99.4 Å². The number of hydrogen-bond donors (Lipinski definition) is 3. The molecule has 8 nitrogen and oxygen atoms in total. The first-order chi connectivity index (χ1) is 22.8. The molecule has 1 saturated heterocycles. The number of aliphatic hydroxyl groups is 1. The van der Waals surface area contributed by atoms with Crippen LogP contribution >= 0.6 is 0 Å². The second-order valence-corrected chi connectivity index (χ2v) is 14.5. The number of nitrogens with one attached hydrogen (secondary N) is 1. The van der Waals surface area contributed by atoms with Gasteiger partial charge in [0.05, 0.1) is 12.4 Å². The maximum absolute atomic E-state index is 13.2. The van der Waals surface area contributed by atoms with E-state index in [1.165, 1.54) is 12.8 Å². The lowest BCUT2D eigenvalue weighted by Crippen LogP contribution is -2.42. The van der Waals surface area contributed by atoms with Crippen molar-refractivity contribution in [1.29, 1.82) is 0 Å². The number of carbonyl (C=O) groups excluding carboxylic acids is 1. The van der Waals surface area contributed by atoms with Crippen LogP contribution < -0.4 is 5.32 Å². The number of nitrogens with zero attached hydrogens (tertiary/aromatic N) is 1. The summed E-state index contributed by atoms with van der Waals surface area (Å²) in [5.41, 5.74) is 5.06. The number of likely N-dealkylation sites (tertiary alicyclic amines) is 1. The zero-order valence-corrected chi connectivity index (χ0v) is 31.0. The number of amides is 1. The molecular weight excluding hydrogens is 625 g/mol. The van der Waals surface area contributed by atoms with Crippen LogP contribution in [0.15, 0.2) is 72.8 Å². The summed E-state index contributed by atoms with van der Waals surface area (Å²) in [5, 5.41) is 20.6. The molecule has 0 radical (unpaired) electrons. The zero-order chi connectivity index (χ0) is 36.3. The molecule has 1 aliphatic heterocycles. The minimum absolute atomic E-state index is 0.140. The Bertz CT molecular complexity index is 1490. The van der Waals surface area contributed by atoms with Crippen LogP contribution in [0.1, 0.15) is 94.3 Å². The van der Waals surface area contributed by atoms with Gasteiger partial charge in [-0.15, -0.1) is 0 Å².